The Labute approximate surface area is 206 Å². The lowest BCUT2D eigenvalue weighted by Crippen LogP contribution is -2.45. The maximum Gasteiger partial charge on any atom is 0.243 e. The Morgan fingerprint density at radius 1 is 1.06 bits per heavy atom. The second kappa shape index (κ2) is 13.6. The van der Waals surface area contributed by atoms with Gasteiger partial charge in [-0.05, 0) is 65.2 Å². The fourth-order valence-electron chi connectivity index (χ4n) is 3.77. The van der Waals surface area contributed by atoms with Crippen molar-refractivity contribution in [2.75, 3.05) is 32.7 Å². The van der Waals surface area contributed by atoms with Crippen LogP contribution >= 0.6 is 24.0 Å². The third kappa shape index (κ3) is 8.51. The highest BCUT2D eigenvalue weighted by molar-refractivity contribution is 14.0. The van der Waals surface area contributed by atoms with Gasteiger partial charge in [0.05, 0.1) is 11.4 Å². The van der Waals surface area contributed by atoms with E-state index in [-0.39, 0.29) is 24.0 Å². The molecule has 0 bridgehead atoms. The molecule has 1 saturated heterocycles. The quantitative estimate of drug-likeness (QED) is 0.259. The van der Waals surface area contributed by atoms with Gasteiger partial charge < -0.3 is 10.6 Å². The van der Waals surface area contributed by atoms with E-state index in [4.69, 9.17) is 0 Å². The minimum Gasteiger partial charge on any atom is -0.357 e. The predicted octanol–water partition coefficient (Wildman–Crippen LogP) is 3.26. The van der Waals surface area contributed by atoms with Crippen molar-refractivity contribution in [3.63, 3.8) is 0 Å². The summed E-state index contributed by atoms with van der Waals surface area (Å²) in [7, 11) is -3.36. The monoisotopic (exact) mass is 565 g/mol. The molecule has 1 aromatic rings. The van der Waals surface area contributed by atoms with Crippen molar-refractivity contribution in [1.82, 2.24) is 19.8 Å². The minimum atomic E-state index is -3.36. The van der Waals surface area contributed by atoms with E-state index in [1.807, 2.05) is 19.1 Å². The number of guanidine groups is 1. The fourth-order valence-corrected chi connectivity index (χ4v) is 5.29. The summed E-state index contributed by atoms with van der Waals surface area (Å²) in [6, 6.07) is 8.11. The Balaban J connectivity index is 0.00000480. The average Bonchev–Trinajstić information content (AvgIpc) is 3.24. The van der Waals surface area contributed by atoms with Gasteiger partial charge in [-0.15, -0.1) is 24.0 Å². The number of hydrogen-bond donors (Lipinski definition) is 2. The zero-order valence-electron chi connectivity index (χ0n) is 19.6. The van der Waals surface area contributed by atoms with Crippen LogP contribution in [-0.2, 0) is 16.6 Å². The molecule has 0 aliphatic carbocycles. The number of halogens is 1. The molecule has 1 aliphatic rings. The molecule has 1 aliphatic heterocycles. The molecular formula is C22H40IN5O2S. The van der Waals surface area contributed by atoms with E-state index in [0.29, 0.717) is 36.6 Å². The zero-order valence-corrected chi connectivity index (χ0v) is 22.7. The summed E-state index contributed by atoms with van der Waals surface area (Å²) in [5, 5.41) is 6.67. The molecule has 0 saturated carbocycles. The van der Waals surface area contributed by atoms with E-state index in [0.717, 1.165) is 44.0 Å². The van der Waals surface area contributed by atoms with Gasteiger partial charge in [0.25, 0.3) is 0 Å². The molecule has 178 valence electrons. The van der Waals surface area contributed by atoms with Crippen molar-refractivity contribution in [2.45, 2.75) is 71.0 Å². The second-order valence-corrected chi connectivity index (χ2v) is 10.2. The molecule has 0 unspecified atom stereocenters. The van der Waals surface area contributed by atoms with Crippen LogP contribution in [0.25, 0.3) is 0 Å². The molecule has 2 N–H and O–H groups in total. The number of rotatable bonds is 10. The van der Waals surface area contributed by atoms with E-state index in [1.54, 1.807) is 16.4 Å². The highest BCUT2D eigenvalue weighted by atomic mass is 127. The van der Waals surface area contributed by atoms with Crippen LogP contribution in [0.5, 0.6) is 0 Å². The summed E-state index contributed by atoms with van der Waals surface area (Å²) in [6.07, 6.45) is 1.89. The number of nitrogens with one attached hydrogen (secondary N) is 2. The van der Waals surface area contributed by atoms with Crippen LogP contribution in [-0.4, -0.2) is 68.4 Å². The Morgan fingerprint density at radius 3 is 2.16 bits per heavy atom. The summed E-state index contributed by atoms with van der Waals surface area (Å²) >= 11 is 0. The smallest absolute Gasteiger partial charge is 0.243 e. The lowest BCUT2D eigenvalue weighted by atomic mass is 10.2. The van der Waals surface area contributed by atoms with Crippen molar-refractivity contribution in [2.24, 2.45) is 4.99 Å². The van der Waals surface area contributed by atoms with Gasteiger partial charge in [0.2, 0.25) is 10.0 Å². The molecule has 31 heavy (non-hydrogen) atoms. The summed E-state index contributed by atoms with van der Waals surface area (Å²) in [5.74, 6) is 0.777. The number of sulfonamides is 1. The van der Waals surface area contributed by atoms with Crippen molar-refractivity contribution < 1.29 is 8.42 Å². The van der Waals surface area contributed by atoms with Crippen molar-refractivity contribution in [3.05, 3.63) is 29.8 Å². The Kier molecular flexibility index (Phi) is 12.3. The number of benzene rings is 1. The van der Waals surface area contributed by atoms with Crippen LogP contribution in [0.4, 0.5) is 0 Å². The van der Waals surface area contributed by atoms with Crippen LogP contribution < -0.4 is 10.6 Å². The SMILES string of the molecule is CCNC(=NCc1ccc(S(=O)(=O)N2CCCC2)cc1)NCCN(C(C)C)C(C)C.I. The molecule has 1 fully saturated rings. The van der Waals surface area contributed by atoms with E-state index in [2.05, 4.69) is 48.2 Å². The average molecular weight is 566 g/mol. The zero-order chi connectivity index (χ0) is 22.1. The molecule has 1 aromatic carbocycles. The molecule has 9 heteroatoms. The van der Waals surface area contributed by atoms with Crippen LogP contribution in [0.3, 0.4) is 0 Å². The summed E-state index contributed by atoms with van der Waals surface area (Å²) in [4.78, 5) is 7.46. The lowest BCUT2D eigenvalue weighted by molar-refractivity contribution is 0.178. The van der Waals surface area contributed by atoms with Crippen LogP contribution in [0.15, 0.2) is 34.2 Å². The number of hydrogen-bond acceptors (Lipinski definition) is 4. The van der Waals surface area contributed by atoms with Gasteiger partial charge in [0, 0.05) is 44.8 Å². The van der Waals surface area contributed by atoms with Gasteiger partial charge in [0.1, 0.15) is 0 Å². The first-order chi connectivity index (χ1) is 14.3. The molecule has 0 radical (unpaired) electrons. The van der Waals surface area contributed by atoms with Crippen LogP contribution in [0.1, 0.15) is 53.0 Å². The molecule has 0 atom stereocenters. The van der Waals surface area contributed by atoms with Gasteiger partial charge in [-0.1, -0.05) is 12.1 Å². The van der Waals surface area contributed by atoms with E-state index >= 15 is 0 Å². The van der Waals surface area contributed by atoms with E-state index in [1.165, 1.54) is 0 Å². The lowest BCUT2D eigenvalue weighted by Gasteiger charge is -2.30. The second-order valence-electron chi connectivity index (χ2n) is 8.30. The molecule has 0 spiro atoms. The van der Waals surface area contributed by atoms with Crippen LogP contribution in [0, 0.1) is 0 Å². The fraction of sp³-hybridized carbons (Fsp3) is 0.682. The third-order valence-corrected chi connectivity index (χ3v) is 7.29. The molecule has 1 heterocycles. The predicted molar refractivity (Wildman–Crippen MR) is 140 cm³/mol. The molecule has 0 aromatic heterocycles. The Hall–Kier alpha value is -0.910. The van der Waals surface area contributed by atoms with E-state index < -0.39 is 10.0 Å². The Morgan fingerprint density at radius 2 is 1.65 bits per heavy atom. The summed E-state index contributed by atoms with van der Waals surface area (Å²) in [5.41, 5.74) is 0.985. The largest absolute Gasteiger partial charge is 0.357 e. The van der Waals surface area contributed by atoms with Crippen LogP contribution in [0.2, 0.25) is 0 Å². The first-order valence-corrected chi connectivity index (χ1v) is 12.6. The highest BCUT2D eigenvalue weighted by Crippen LogP contribution is 2.21. The normalized spacial score (nSPS) is 15.5. The van der Waals surface area contributed by atoms with Crippen molar-refractivity contribution >= 4 is 40.0 Å². The highest BCUT2D eigenvalue weighted by Gasteiger charge is 2.26. The number of nitrogens with zero attached hydrogens (tertiary/aromatic N) is 3. The molecule has 7 nitrogen and oxygen atoms in total. The molecule has 0 amide bonds. The summed E-state index contributed by atoms with van der Waals surface area (Å²) in [6.45, 7) is 15.2. The molecular weight excluding hydrogens is 525 g/mol. The molecule has 2 rings (SSSR count). The first kappa shape index (κ1) is 28.1. The van der Waals surface area contributed by atoms with E-state index in [9.17, 15) is 8.42 Å². The summed E-state index contributed by atoms with van der Waals surface area (Å²) < 4.78 is 26.9. The van der Waals surface area contributed by atoms with Gasteiger partial charge in [-0.2, -0.15) is 4.31 Å². The third-order valence-electron chi connectivity index (χ3n) is 5.38. The van der Waals surface area contributed by atoms with Crippen molar-refractivity contribution in [1.29, 1.82) is 0 Å². The maximum atomic E-state index is 12.6. The standard InChI is InChI=1S/C22H39N5O2S.HI/c1-6-23-22(24-13-16-27(18(2)3)19(4)5)25-17-20-9-11-21(12-10-20)30(28,29)26-14-7-8-15-26;/h9-12,18-19H,6-8,13-17H2,1-5H3,(H2,23,24,25);1H. The van der Waals surface area contributed by atoms with Gasteiger partial charge >= 0.3 is 0 Å². The van der Waals surface area contributed by atoms with Gasteiger partial charge in [-0.25, -0.2) is 13.4 Å². The van der Waals surface area contributed by atoms with Crippen molar-refractivity contribution in [3.8, 4) is 0 Å². The topological polar surface area (TPSA) is 77.0 Å². The first-order valence-electron chi connectivity index (χ1n) is 11.1. The van der Waals surface area contributed by atoms with Gasteiger partial charge in [-0.3, -0.25) is 4.90 Å². The minimum absolute atomic E-state index is 0. The van der Waals surface area contributed by atoms with Gasteiger partial charge in [0.15, 0.2) is 5.96 Å². The number of aliphatic imine (C=N–C) groups is 1. The Bertz CT molecular complexity index is 768. The maximum absolute atomic E-state index is 12.6.